The van der Waals surface area contributed by atoms with E-state index in [0.717, 1.165) is 24.0 Å². The lowest BCUT2D eigenvalue weighted by Crippen LogP contribution is -2.22. The van der Waals surface area contributed by atoms with Gasteiger partial charge in [-0.15, -0.1) is 11.3 Å². The van der Waals surface area contributed by atoms with Crippen molar-refractivity contribution >= 4 is 21.6 Å². The lowest BCUT2D eigenvalue weighted by atomic mass is 9.74. The van der Waals surface area contributed by atoms with Gasteiger partial charge < -0.3 is 0 Å². The van der Waals surface area contributed by atoms with Crippen LogP contribution < -0.4 is 0 Å². The molecular formula is C35H60FNS. The van der Waals surface area contributed by atoms with Crippen LogP contribution in [0.4, 0.5) is 4.39 Å². The van der Waals surface area contributed by atoms with Crippen molar-refractivity contribution in [2.45, 2.75) is 181 Å². The Bertz CT molecular complexity index is 905. The average molecular weight is 546 g/mol. The summed E-state index contributed by atoms with van der Waals surface area (Å²) in [4.78, 5) is 5.02. The molecule has 1 aromatic heterocycles. The van der Waals surface area contributed by atoms with Crippen LogP contribution in [0.5, 0.6) is 0 Å². The minimum atomic E-state index is -0.105. The van der Waals surface area contributed by atoms with E-state index < -0.39 is 0 Å². The zero-order valence-corrected chi connectivity index (χ0v) is 26.8. The first-order valence-electron chi connectivity index (χ1n) is 16.4. The zero-order chi connectivity index (χ0) is 27.9. The Hall–Kier alpha value is -0.960. The SMILES string of the molecule is CCCCCCCC(C)(CCCCC)c1cc(F)c2nc(C(C)(CCCCC)CCCCCCC)sc2c1. The number of hydrogen-bond acceptors (Lipinski definition) is 2. The number of hydrogen-bond donors (Lipinski definition) is 0. The van der Waals surface area contributed by atoms with E-state index in [1.165, 1.54) is 120 Å². The molecule has 2 atom stereocenters. The predicted octanol–water partition coefficient (Wildman–Crippen LogP) is 12.8. The van der Waals surface area contributed by atoms with Crippen molar-refractivity contribution in [3.8, 4) is 0 Å². The van der Waals surface area contributed by atoms with E-state index in [0.29, 0.717) is 5.52 Å². The van der Waals surface area contributed by atoms with Gasteiger partial charge in [0.25, 0.3) is 0 Å². The highest BCUT2D eigenvalue weighted by Gasteiger charge is 2.32. The van der Waals surface area contributed by atoms with Gasteiger partial charge in [0.1, 0.15) is 5.52 Å². The minimum absolute atomic E-state index is 0.0459. The molecule has 0 saturated carbocycles. The molecule has 2 unspecified atom stereocenters. The average Bonchev–Trinajstić information content (AvgIpc) is 3.35. The quantitative estimate of drug-likeness (QED) is 0.134. The van der Waals surface area contributed by atoms with Crippen LogP contribution in [0, 0.1) is 5.82 Å². The fourth-order valence-electron chi connectivity index (χ4n) is 6.12. The molecule has 0 bridgehead atoms. The molecule has 38 heavy (non-hydrogen) atoms. The second-order valence-electron chi connectivity index (χ2n) is 12.7. The van der Waals surface area contributed by atoms with Gasteiger partial charge in [0.05, 0.1) is 9.71 Å². The highest BCUT2D eigenvalue weighted by molar-refractivity contribution is 7.18. The number of nitrogens with zero attached hydrogens (tertiary/aromatic N) is 1. The van der Waals surface area contributed by atoms with Crippen LogP contribution in [0.1, 0.15) is 181 Å². The first-order chi connectivity index (χ1) is 18.3. The van der Waals surface area contributed by atoms with Gasteiger partial charge in [-0.05, 0) is 48.8 Å². The Balaban J connectivity index is 2.33. The Kier molecular flexibility index (Phi) is 15.5. The second-order valence-corrected chi connectivity index (χ2v) is 13.7. The first kappa shape index (κ1) is 33.2. The molecule has 0 amide bonds. The number of halogens is 1. The summed E-state index contributed by atoms with van der Waals surface area (Å²) >= 11 is 1.79. The van der Waals surface area contributed by atoms with Crippen molar-refractivity contribution in [3.05, 3.63) is 28.5 Å². The Morgan fingerprint density at radius 3 is 1.53 bits per heavy atom. The van der Waals surface area contributed by atoms with E-state index in [2.05, 4.69) is 47.6 Å². The number of thiazole rings is 1. The molecule has 0 aliphatic carbocycles. The third-order valence-corrected chi connectivity index (χ3v) is 10.3. The summed E-state index contributed by atoms with van der Waals surface area (Å²) in [7, 11) is 0. The molecule has 0 N–H and O–H groups in total. The normalized spacial score (nSPS) is 15.1. The van der Waals surface area contributed by atoms with Gasteiger partial charge in [0.15, 0.2) is 5.82 Å². The molecule has 2 aromatic rings. The molecule has 0 spiro atoms. The maximum atomic E-state index is 15.7. The number of aromatic nitrogens is 1. The van der Waals surface area contributed by atoms with Crippen LogP contribution >= 0.6 is 11.3 Å². The van der Waals surface area contributed by atoms with Crippen LogP contribution in [0.3, 0.4) is 0 Å². The number of benzene rings is 1. The monoisotopic (exact) mass is 545 g/mol. The lowest BCUT2D eigenvalue weighted by molar-refractivity contribution is 0.363. The molecule has 0 aliphatic heterocycles. The fourth-order valence-corrected chi connectivity index (χ4v) is 7.34. The number of unbranched alkanes of at least 4 members (excludes halogenated alkanes) is 12. The van der Waals surface area contributed by atoms with E-state index in [4.69, 9.17) is 4.98 Å². The van der Waals surface area contributed by atoms with Gasteiger partial charge >= 0.3 is 0 Å². The summed E-state index contributed by atoms with van der Waals surface area (Å²) in [6.07, 6.45) is 25.0. The fraction of sp³-hybridized carbons (Fsp3) is 0.800. The van der Waals surface area contributed by atoms with Crippen molar-refractivity contribution in [3.63, 3.8) is 0 Å². The van der Waals surface area contributed by atoms with Gasteiger partial charge in [0.2, 0.25) is 0 Å². The Morgan fingerprint density at radius 1 is 0.605 bits per heavy atom. The summed E-state index contributed by atoms with van der Waals surface area (Å²) in [6, 6.07) is 4.17. The maximum Gasteiger partial charge on any atom is 0.150 e. The van der Waals surface area contributed by atoms with E-state index in [-0.39, 0.29) is 16.6 Å². The summed E-state index contributed by atoms with van der Waals surface area (Å²) in [5.74, 6) is -0.105. The summed E-state index contributed by atoms with van der Waals surface area (Å²) in [5, 5.41) is 1.17. The van der Waals surface area contributed by atoms with E-state index in [1.807, 2.05) is 6.07 Å². The van der Waals surface area contributed by atoms with Gasteiger partial charge in [-0.25, -0.2) is 9.37 Å². The topological polar surface area (TPSA) is 12.9 Å². The van der Waals surface area contributed by atoms with Crippen LogP contribution in [0.25, 0.3) is 10.2 Å². The van der Waals surface area contributed by atoms with Crippen LogP contribution in [-0.2, 0) is 10.8 Å². The van der Waals surface area contributed by atoms with E-state index in [1.54, 1.807) is 11.3 Å². The van der Waals surface area contributed by atoms with Crippen molar-refractivity contribution in [1.82, 2.24) is 4.98 Å². The third-order valence-electron chi connectivity index (χ3n) is 8.99. The summed E-state index contributed by atoms with van der Waals surface area (Å²) in [5.41, 5.74) is 1.92. The molecule has 0 radical (unpaired) electrons. The van der Waals surface area contributed by atoms with Crippen LogP contribution in [-0.4, -0.2) is 4.98 Å². The van der Waals surface area contributed by atoms with Crippen molar-refractivity contribution in [2.75, 3.05) is 0 Å². The lowest BCUT2D eigenvalue weighted by Gasteiger charge is -2.31. The highest BCUT2D eigenvalue weighted by Crippen LogP contribution is 2.43. The van der Waals surface area contributed by atoms with Crippen molar-refractivity contribution in [1.29, 1.82) is 0 Å². The summed E-state index contributed by atoms with van der Waals surface area (Å²) in [6.45, 7) is 13.9. The summed E-state index contributed by atoms with van der Waals surface area (Å²) < 4.78 is 16.8. The Morgan fingerprint density at radius 2 is 1.03 bits per heavy atom. The third kappa shape index (κ3) is 10.2. The zero-order valence-electron chi connectivity index (χ0n) is 26.0. The molecular weight excluding hydrogens is 485 g/mol. The number of rotatable bonds is 22. The Labute approximate surface area is 239 Å². The molecule has 218 valence electrons. The maximum absolute atomic E-state index is 15.7. The smallest absolute Gasteiger partial charge is 0.150 e. The predicted molar refractivity (Wildman–Crippen MR) is 169 cm³/mol. The minimum Gasteiger partial charge on any atom is -0.238 e. The van der Waals surface area contributed by atoms with Gasteiger partial charge in [0, 0.05) is 5.41 Å². The molecule has 1 nitrogen and oxygen atoms in total. The van der Waals surface area contributed by atoms with Crippen molar-refractivity contribution < 1.29 is 4.39 Å². The first-order valence-corrected chi connectivity index (χ1v) is 17.3. The van der Waals surface area contributed by atoms with E-state index in [9.17, 15) is 0 Å². The van der Waals surface area contributed by atoms with Crippen LogP contribution in [0.15, 0.2) is 12.1 Å². The largest absolute Gasteiger partial charge is 0.238 e. The molecule has 3 heteroatoms. The molecule has 1 heterocycles. The van der Waals surface area contributed by atoms with Gasteiger partial charge in [-0.1, -0.05) is 144 Å². The second kappa shape index (κ2) is 17.7. The molecule has 0 saturated heterocycles. The molecule has 1 aromatic carbocycles. The molecule has 0 fully saturated rings. The van der Waals surface area contributed by atoms with Gasteiger partial charge in [-0.3, -0.25) is 0 Å². The highest BCUT2D eigenvalue weighted by atomic mass is 32.1. The van der Waals surface area contributed by atoms with Crippen molar-refractivity contribution in [2.24, 2.45) is 0 Å². The standard InChI is InChI=1S/C35H60FNS/c1-7-11-15-17-21-24-34(5,23-19-13-9-3)29-27-30(36)32-31(28-29)38-33(37-32)35(6,25-20-14-10-4)26-22-18-16-12-8-2/h27-28H,7-26H2,1-6H3. The molecule has 0 aliphatic rings. The number of fused-ring (bicyclic) bond motifs is 1. The molecule has 2 rings (SSSR count). The van der Waals surface area contributed by atoms with E-state index >= 15 is 4.39 Å². The van der Waals surface area contributed by atoms with Crippen LogP contribution in [0.2, 0.25) is 0 Å². The van der Waals surface area contributed by atoms with Gasteiger partial charge in [-0.2, -0.15) is 0 Å².